The molecule has 67 valence electrons. The van der Waals surface area contributed by atoms with Crippen LogP contribution in [0.5, 0.6) is 0 Å². The lowest BCUT2D eigenvalue weighted by Crippen LogP contribution is -2.04. The highest BCUT2D eigenvalue weighted by atomic mass is 16.3. The minimum atomic E-state index is 0.194. The molecule has 11 heavy (non-hydrogen) atoms. The first-order valence-electron chi connectivity index (χ1n) is 4.40. The second-order valence-electron chi connectivity index (χ2n) is 2.84. The number of unbranched alkanes of at least 4 members (excludes halogenated alkanes) is 1. The lowest BCUT2D eigenvalue weighted by atomic mass is 9.98. The van der Waals surface area contributed by atoms with Crippen LogP contribution in [0.2, 0.25) is 0 Å². The third-order valence-corrected chi connectivity index (χ3v) is 1.80. The largest absolute Gasteiger partial charge is 0.396 e. The van der Waals surface area contributed by atoms with Crippen LogP contribution >= 0.6 is 0 Å². The van der Waals surface area contributed by atoms with Gasteiger partial charge < -0.3 is 10.2 Å². The number of aliphatic hydroxyl groups excluding tert-OH is 2. The van der Waals surface area contributed by atoms with Crippen molar-refractivity contribution in [3.05, 3.63) is 5.92 Å². The monoisotopic (exact) mass is 159 g/mol. The van der Waals surface area contributed by atoms with Gasteiger partial charge in [0.25, 0.3) is 0 Å². The van der Waals surface area contributed by atoms with E-state index in [4.69, 9.17) is 10.2 Å². The fraction of sp³-hybridized carbons (Fsp3) is 0.889. The Hall–Kier alpha value is -0.0800. The fourth-order valence-electron chi connectivity index (χ4n) is 1.04. The molecule has 0 unspecified atom stereocenters. The Bertz CT molecular complexity index is 66.0. The van der Waals surface area contributed by atoms with Crippen LogP contribution in [0.25, 0.3) is 0 Å². The lowest BCUT2D eigenvalue weighted by molar-refractivity contribution is 0.263. The highest BCUT2D eigenvalue weighted by Gasteiger charge is 2.05. The van der Waals surface area contributed by atoms with E-state index in [0.29, 0.717) is 0 Å². The van der Waals surface area contributed by atoms with E-state index < -0.39 is 0 Å². The quantitative estimate of drug-likeness (QED) is 0.591. The first-order chi connectivity index (χ1) is 5.35. The average molecular weight is 159 g/mol. The molecule has 0 spiro atoms. The highest BCUT2D eigenvalue weighted by molar-refractivity contribution is 4.88. The van der Waals surface area contributed by atoms with Gasteiger partial charge in [-0.15, -0.1) is 0 Å². The normalized spacial score (nSPS) is 10.9. The summed E-state index contributed by atoms with van der Waals surface area (Å²) in [5.41, 5.74) is 0. The Labute approximate surface area is 69.2 Å². The van der Waals surface area contributed by atoms with Crippen molar-refractivity contribution in [3.8, 4) is 0 Å². The van der Waals surface area contributed by atoms with Gasteiger partial charge in [0.15, 0.2) is 0 Å². The van der Waals surface area contributed by atoms with Gasteiger partial charge >= 0.3 is 0 Å². The summed E-state index contributed by atoms with van der Waals surface area (Å²) in [6, 6.07) is 0. The van der Waals surface area contributed by atoms with Crippen LogP contribution < -0.4 is 0 Å². The van der Waals surface area contributed by atoms with Gasteiger partial charge in [0.05, 0.1) is 0 Å². The Balaban J connectivity index is 3.25. The molecule has 1 radical (unpaired) electrons. The van der Waals surface area contributed by atoms with Gasteiger partial charge in [-0.3, -0.25) is 0 Å². The maximum Gasteiger partial charge on any atom is 0.0493 e. The third-order valence-electron chi connectivity index (χ3n) is 1.80. The SMILES string of the molecule is CCCC[C](CO)CCCO. The van der Waals surface area contributed by atoms with Crippen molar-refractivity contribution in [3.63, 3.8) is 0 Å². The zero-order valence-corrected chi connectivity index (χ0v) is 7.34. The second kappa shape index (κ2) is 8.02. The summed E-state index contributed by atoms with van der Waals surface area (Å²) in [5.74, 6) is 1.18. The molecule has 2 heteroatoms. The summed E-state index contributed by atoms with van der Waals surface area (Å²) in [4.78, 5) is 0. The van der Waals surface area contributed by atoms with Gasteiger partial charge in [0, 0.05) is 19.1 Å². The molecular weight excluding hydrogens is 140 g/mol. The summed E-state index contributed by atoms with van der Waals surface area (Å²) < 4.78 is 0. The maximum absolute atomic E-state index is 8.86. The number of aliphatic hydroxyl groups is 2. The summed E-state index contributed by atoms with van der Waals surface area (Å²) in [6.45, 7) is 2.57. The van der Waals surface area contributed by atoms with E-state index in [0.717, 1.165) is 25.7 Å². The molecule has 0 rings (SSSR count). The van der Waals surface area contributed by atoms with Gasteiger partial charge in [-0.05, 0) is 19.3 Å². The summed E-state index contributed by atoms with van der Waals surface area (Å²) in [5, 5.41) is 17.4. The highest BCUT2D eigenvalue weighted by Crippen LogP contribution is 2.15. The minimum absolute atomic E-state index is 0.194. The van der Waals surface area contributed by atoms with Gasteiger partial charge in [0.2, 0.25) is 0 Å². The van der Waals surface area contributed by atoms with Gasteiger partial charge in [-0.25, -0.2) is 0 Å². The molecule has 0 aliphatic heterocycles. The van der Waals surface area contributed by atoms with Gasteiger partial charge in [-0.1, -0.05) is 19.8 Å². The second-order valence-corrected chi connectivity index (χ2v) is 2.84. The zero-order chi connectivity index (χ0) is 8.53. The molecule has 0 aromatic rings. The van der Waals surface area contributed by atoms with E-state index in [1.54, 1.807) is 0 Å². The summed E-state index contributed by atoms with van der Waals surface area (Å²) >= 11 is 0. The third kappa shape index (κ3) is 6.32. The average Bonchev–Trinajstić information content (AvgIpc) is 2.05. The van der Waals surface area contributed by atoms with Crippen LogP contribution in [0, 0.1) is 5.92 Å². The Morgan fingerprint density at radius 1 is 1.09 bits per heavy atom. The van der Waals surface area contributed by atoms with Crippen molar-refractivity contribution in [1.82, 2.24) is 0 Å². The number of rotatable bonds is 7. The standard InChI is InChI=1S/C9H19O2/c1-2-3-5-9(8-11)6-4-7-10/h10-11H,2-8H2,1H3. The van der Waals surface area contributed by atoms with Gasteiger partial charge in [-0.2, -0.15) is 0 Å². The maximum atomic E-state index is 8.86. The molecule has 0 bridgehead atoms. The van der Waals surface area contributed by atoms with E-state index in [9.17, 15) is 0 Å². The molecule has 0 aromatic heterocycles. The van der Waals surface area contributed by atoms with E-state index in [2.05, 4.69) is 6.92 Å². The van der Waals surface area contributed by atoms with Crippen LogP contribution in [-0.4, -0.2) is 23.4 Å². The Kier molecular flexibility index (Phi) is 7.96. The summed E-state index contributed by atoms with van der Waals surface area (Å²) in [7, 11) is 0. The lowest BCUT2D eigenvalue weighted by Gasteiger charge is -2.10. The zero-order valence-electron chi connectivity index (χ0n) is 7.34. The van der Waals surface area contributed by atoms with Crippen molar-refractivity contribution >= 4 is 0 Å². The first-order valence-corrected chi connectivity index (χ1v) is 4.40. The molecule has 0 saturated heterocycles. The van der Waals surface area contributed by atoms with Crippen molar-refractivity contribution < 1.29 is 10.2 Å². The smallest absolute Gasteiger partial charge is 0.0493 e. The predicted octanol–water partition coefficient (Wildman–Crippen LogP) is 1.52. The van der Waals surface area contributed by atoms with E-state index in [1.165, 1.54) is 12.3 Å². The molecule has 2 nitrogen and oxygen atoms in total. The van der Waals surface area contributed by atoms with Crippen molar-refractivity contribution in [2.75, 3.05) is 13.2 Å². The van der Waals surface area contributed by atoms with E-state index >= 15 is 0 Å². The Morgan fingerprint density at radius 3 is 2.18 bits per heavy atom. The van der Waals surface area contributed by atoms with Crippen LogP contribution in [0.15, 0.2) is 0 Å². The van der Waals surface area contributed by atoms with E-state index in [1.807, 2.05) is 0 Å². The molecule has 0 amide bonds. The van der Waals surface area contributed by atoms with Crippen molar-refractivity contribution in [2.24, 2.45) is 0 Å². The van der Waals surface area contributed by atoms with Gasteiger partial charge in [0.1, 0.15) is 0 Å². The molecule has 0 aromatic carbocycles. The molecule has 0 fully saturated rings. The number of hydrogen-bond donors (Lipinski definition) is 2. The molecule has 2 N–H and O–H groups in total. The van der Waals surface area contributed by atoms with Crippen LogP contribution in [0.1, 0.15) is 39.0 Å². The molecule has 0 atom stereocenters. The topological polar surface area (TPSA) is 40.5 Å². The molecule has 0 aliphatic rings. The van der Waals surface area contributed by atoms with E-state index in [-0.39, 0.29) is 13.2 Å². The Morgan fingerprint density at radius 2 is 1.73 bits per heavy atom. The molecule has 0 aliphatic carbocycles. The van der Waals surface area contributed by atoms with Crippen molar-refractivity contribution in [1.29, 1.82) is 0 Å². The summed E-state index contributed by atoms with van der Waals surface area (Å²) in [6.07, 6.45) is 5.02. The first kappa shape index (κ1) is 10.9. The predicted molar refractivity (Wildman–Crippen MR) is 46.2 cm³/mol. The number of hydrogen-bond acceptors (Lipinski definition) is 2. The molecule has 0 saturated carbocycles. The molecular formula is C9H19O2. The van der Waals surface area contributed by atoms with Crippen LogP contribution in [-0.2, 0) is 0 Å². The van der Waals surface area contributed by atoms with Crippen LogP contribution in [0.3, 0.4) is 0 Å². The van der Waals surface area contributed by atoms with Crippen LogP contribution in [0.4, 0.5) is 0 Å². The molecule has 0 heterocycles. The minimum Gasteiger partial charge on any atom is -0.396 e. The van der Waals surface area contributed by atoms with Crippen molar-refractivity contribution in [2.45, 2.75) is 39.0 Å². The fourth-order valence-corrected chi connectivity index (χ4v) is 1.04.